The molecule has 0 radical (unpaired) electrons. The highest BCUT2D eigenvalue weighted by Gasteiger charge is 2.24. The topological polar surface area (TPSA) is 91.7 Å². The summed E-state index contributed by atoms with van der Waals surface area (Å²) in [5, 5.41) is 3.48. The summed E-state index contributed by atoms with van der Waals surface area (Å²) in [4.78, 5) is 29.1. The van der Waals surface area contributed by atoms with E-state index in [2.05, 4.69) is 26.2 Å². The number of amides is 1. The third-order valence-electron chi connectivity index (χ3n) is 3.90. The average molecular weight is 470 g/mol. The van der Waals surface area contributed by atoms with Crippen molar-refractivity contribution in [1.29, 1.82) is 0 Å². The minimum atomic E-state index is -0.592. The Morgan fingerprint density at radius 1 is 1.24 bits per heavy atom. The number of carbonyl (C=O) groups is 2. The smallest absolute Gasteiger partial charge is 0.407 e. The molecule has 1 N–H and O–H groups in total. The van der Waals surface area contributed by atoms with Gasteiger partial charge in [-0.1, -0.05) is 0 Å². The first-order chi connectivity index (χ1) is 13.6. The molecule has 8 nitrogen and oxygen atoms in total. The molecule has 0 aliphatic rings. The van der Waals surface area contributed by atoms with E-state index < -0.39 is 17.7 Å². The van der Waals surface area contributed by atoms with Crippen molar-refractivity contribution in [3.8, 4) is 5.75 Å². The van der Waals surface area contributed by atoms with Crippen LogP contribution in [0.2, 0.25) is 0 Å². The zero-order chi connectivity index (χ0) is 21.8. The lowest BCUT2D eigenvalue weighted by molar-refractivity contribution is 0.0511. The maximum Gasteiger partial charge on any atom is 0.407 e. The molecule has 0 spiro atoms. The van der Waals surface area contributed by atoms with Crippen LogP contribution in [-0.2, 0) is 9.47 Å². The average Bonchev–Trinajstić information content (AvgIpc) is 2.97. The van der Waals surface area contributed by atoms with Gasteiger partial charge in [0.2, 0.25) is 0 Å². The Morgan fingerprint density at radius 3 is 2.52 bits per heavy atom. The lowest BCUT2D eigenvalue weighted by Crippen LogP contribution is -2.35. The van der Waals surface area contributed by atoms with E-state index in [4.69, 9.17) is 14.2 Å². The van der Waals surface area contributed by atoms with Gasteiger partial charge in [-0.3, -0.25) is 0 Å². The summed E-state index contributed by atoms with van der Waals surface area (Å²) in [6.07, 6.45) is -0.522. The fourth-order valence-corrected chi connectivity index (χ4v) is 3.21. The van der Waals surface area contributed by atoms with Crippen LogP contribution in [0.1, 0.15) is 58.1 Å². The van der Waals surface area contributed by atoms with Gasteiger partial charge in [-0.2, -0.15) is 0 Å². The molecule has 0 bridgehead atoms. The van der Waals surface area contributed by atoms with Gasteiger partial charge in [0.05, 0.1) is 19.3 Å². The van der Waals surface area contributed by atoms with Crippen LogP contribution in [-0.4, -0.2) is 47.0 Å². The lowest BCUT2D eigenvalue weighted by atomic mass is 10.2. The van der Waals surface area contributed by atoms with Crippen LogP contribution in [0, 0.1) is 0 Å². The Bertz CT molecular complexity index is 888. The minimum Gasteiger partial charge on any atom is -0.491 e. The molecule has 1 atom stereocenters. The molecule has 0 unspecified atom stereocenters. The van der Waals surface area contributed by atoms with Crippen LogP contribution in [0.25, 0.3) is 11.0 Å². The summed E-state index contributed by atoms with van der Waals surface area (Å²) in [5.74, 6) is 0.135. The third-order valence-corrected chi connectivity index (χ3v) is 4.47. The molecule has 0 saturated carbocycles. The molecule has 29 heavy (non-hydrogen) atoms. The van der Waals surface area contributed by atoms with Gasteiger partial charge in [-0.15, -0.1) is 0 Å². The molecular formula is C20H28BrN3O5. The second-order valence-electron chi connectivity index (χ2n) is 7.48. The Kier molecular flexibility index (Phi) is 7.51. The summed E-state index contributed by atoms with van der Waals surface area (Å²) in [5.41, 5.74) is 0.348. The summed E-state index contributed by atoms with van der Waals surface area (Å²) in [6.45, 7) is 11.9. The van der Waals surface area contributed by atoms with Crippen LogP contribution in [0.15, 0.2) is 16.7 Å². The predicted molar refractivity (Wildman–Crippen MR) is 114 cm³/mol. The summed E-state index contributed by atoms with van der Waals surface area (Å²) >= 11 is 3.42. The number of hydrogen-bond donors (Lipinski definition) is 1. The number of pyridine rings is 1. The SMILES string of the molecule is CCOC(=O)c1cc2cc(OCC)c(Br)nc2n1[C@H](C)CNC(=O)OC(C)(C)C. The van der Waals surface area contributed by atoms with E-state index in [0.29, 0.717) is 28.3 Å². The van der Waals surface area contributed by atoms with Crippen molar-refractivity contribution < 1.29 is 23.8 Å². The van der Waals surface area contributed by atoms with E-state index in [1.807, 2.05) is 19.9 Å². The second kappa shape index (κ2) is 9.47. The summed E-state index contributed by atoms with van der Waals surface area (Å²) in [6, 6.07) is 3.26. The molecule has 0 aromatic carbocycles. The van der Waals surface area contributed by atoms with Gasteiger partial charge in [0, 0.05) is 11.9 Å². The van der Waals surface area contributed by atoms with Gasteiger partial charge in [0.1, 0.15) is 21.5 Å². The van der Waals surface area contributed by atoms with Gasteiger partial charge in [-0.25, -0.2) is 14.6 Å². The zero-order valence-corrected chi connectivity index (χ0v) is 19.3. The molecule has 160 valence electrons. The first-order valence-corrected chi connectivity index (χ1v) is 10.3. The number of ether oxygens (including phenoxy) is 3. The van der Waals surface area contributed by atoms with E-state index in [1.165, 1.54) is 0 Å². The van der Waals surface area contributed by atoms with Gasteiger partial charge < -0.3 is 24.1 Å². The Hall–Kier alpha value is -2.29. The maximum absolute atomic E-state index is 12.5. The highest BCUT2D eigenvalue weighted by Crippen LogP contribution is 2.31. The molecule has 2 rings (SSSR count). The highest BCUT2D eigenvalue weighted by molar-refractivity contribution is 9.10. The molecule has 0 aliphatic carbocycles. The van der Waals surface area contributed by atoms with Gasteiger partial charge in [0.25, 0.3) is 0 Å². The van der Waals surface area contributed by atoms with Crippen LogP contribution < -0.4 is 10.1 Å². The van der Waals surface area contributed by atoms with Gasteiger partial charge in [0.15, 0.2) is 5.75 Å². The number of rotatable bonds is 7. The molecule has 9 heteroatoms. The van der Waals surface area contributed by atoms with Crippen molar-refractivity contribution in [3.63, 3.8) is 0 Å². The quantitative estimate of drug-likeness (QED) is 0.475. The number of nitrogens with zero attached hydrogens (tertiary/aromatic N) is 2. The Balaban J connectivity index is 2.40. The maximum atomic E-state index is 12.5. The predicted octanol–water partition coefficient (Wildman–Crippen LogP) is 4.46. The second-order valence-corrected chi connectivity index (χ2v) is 8.23. The number of esters is 1. The Labute approximate surface area is 179 Å². The highest BCUT2D eigenvalue weighted by atomic mass is 79.9. The molecule has 1 amide bonds. The summed E-state index contributed by atoms with van der Waals surface area (Å²) < 4.78 is 18.4. The van der Waals surface area contributed by atoms with E-state index in [1.54, 1.807) is 38.3 Å². The van der Waals surface area contributed by atoms with Crippen molar-refractivity contribution >= 4 is 39.0 Å². The number of alkyl carbamates (subject to hydrolysis) is 1. The van der Waals surface area contributed by atoms with Crippen molar-refractivity contribution in [2.45, 2.75) is 53.2 Å². The first-order valence-electron chi connectivity index (χ1n) is 9.55. The number of carbonyl (C=O) groups excluding carboxylic acids is 2. The molecule has 0 aliphatic heterocycles. The van der Waals surface area contributed by atoms with Crippen LogP contribution in [0.4, 0.5) is 4.79 Å². The molecule has 0 saturated heterocycles. The summed E-state index contributed by atoms with van der Waals surface area (Å²) in [7, 11) is 0. The molecule has 2 aromatic rings. The fourth-order valence-electron chi connectivity index (χ4n) is 2.81. The lowest BCUT2D eigenvalue weighted by Gasteiger charge is -2.22. The monoisotopic (exact) mass is 469 g/mol. The van der Waals surface area contributed by atoms with Crippen molar-refractivity contribution in [3.05, 3.63) is 22.4 Å². The van der Waals surface area contributed by atoms with Crippen LogP contribution in [0.3, 0.4) is 0 Å². The van der Waals surface area contributed by atoms with E-state index in [-0.39, 0.29) is 19.2 Å². The number of fused-ring (bicyclic) bond motifs is 1. The van der Waals surface area contributed by atoms with Crippen molar-refractivity contribution in [2.75, 3.05) is 19.8 Å². The molecular weight excluding hydrogens is 442 g/mol. The van der Waals surface area contributed by atoms with E-state index in [9.17, 15) is 9.59 Å². The number of hydrogen-bond acceptors (Lipinski definition) is 6. The number of nitrogens with one attached hydrogen (secondary N) is 1. The minimum absolute atomic E-state index is 0.248. The number of halogens is 1. The molecule has 2 aromatic heterocycles. The van der Waals surface area contributed by atoms with Crippen LogP contribution >= 0.6 is 15.9 Å². The van der Waals surface area contributed by atoms with Crippen molar-refractivity contribution in [1.82, 2.24) is 14.9 Å². The van der Waals surface area contributed by atoms with Gasteiger partial charge >= 0.3 is 12.1 Å². The zero-order valence-electron chi connectivity index (χ0n) is 17.7. The standard InChI is InChI=1S/C20H28BrN3O5/c1-7-27-15-10-13-9-14(18(25)28-8-2)24(17(13)23-16(15)21)12(3)11-22-19(26)29-20(4,5)6/h9-10,12H,7-8,11H2,1-6H3,(H,22,26)/t12-/m1/s1. The molecule has 0 fully saturated rings. The fraction of sp³-hybridized carbons (Fsp3) is 0.550. The molecule has 2 heterocycles. The van der Waals surface area contributed by atoms with Crippen molar-refractivity contribution in [2.24, 2.45) is 0 Å². The number of aromatic nitrogens is 2. The third kappa shape index (κ3) is 5.85. The van der Waals surface area contributed by atoms with Gasteiger partial charge in [-0.05, 0) is 69.6 Å². The van der Waals surface area contributed by atoms with E-state index in [0.717, 1.165) is 5.39 Å². The Morgan fingerprint density at radius 2 is 1.93 bits per heavy atom. The first kappa shape index (κ1) is 23.0. The normalized spacial score (nSPS) is 12.5. The van der Waals surface area contributed by atoms with E-state index >= 15 is 0 Å². The largest absolute Gasteiger partial charge is 0.491 e. The van der Waals surface area contributed by atoms with Crippen LogP contribution in [0.5, 0.6) is 5.75 Å².